The number of aryl methyl sites for hydroxylation is 1. The predicted octanol–water partition coefficient (Wildman–Crippen LogP) is 3.61. The Morgan fingerprint density at radius 2 is 2.00 bits per heavy atom. The molecule has 0 saturated heterocycles. The Labute approximate surface area is 181 Å². The van der Waals surface area contributed by atoms with Gasteiger partial charge in [0.25, 0.3) is 0 Å². The van der Waals surface area contributed by atoms with Gasteiger partial charge in [0.1, 0.15) is 5.82 Å². The summed E-state index contributed by atoms with van der Waals surface area (Å²) >= 11 is 3.25. The van der Waals surface area contributed by atoms with Gasteiger partial charge in [-0.2, -0.15) is 0 Å². The smallest absolute Gasteiger partial charge is 0.221 e. The molecular formula is C18H29BrFIN4O. The molecule has 0 aliphatic heterocycles. The Morgan fingerprint density at radius 1 is 1.31 bits per heavy atom. The summed E-state index contributed by atoms with van der Waals surface area (Å²) in [6.45, 7) is 5.21. The molecule has 0 aromatic heterocycles. The second-order valence-electron chi connectivity index (χ2n) is 5.89. The van der Waals surface area contributed by atoms with E-state index in [0.29, 0.717) is 37.5 Å². The van der Waals surface area contributed by atoms with E-state index in [2.05, 4.69) is 36.9 Å². The normalized spacial score (nSPS) is 12.1. The summed E-state index contributed by atoms with van der Waals surface area (Å²) in [5, 5.41) is 9.20. The number of hydrogen-bond acceptors (Lipinski definition) is 2. The van der Waals surface area contributed by atoms with Crippen molar-refractivity contribution in [1.82, 2.24) is 16.0 Å². The molecule has 0 heterocycles. The van der Waals surface area contributed by atoms with E-state index < -0.39 is 0 Å². The number of rotatable bonds is 9. The van der Waals surface area contributed by atoms with Crippen LogP contribution in [0.3, 0.4) is 0 Å². The number of guanidine groups is 1. The molecule has 1 amide bonds. The van der Waals surface area contributed by atoms with E-state index in [1.807, 2.05) is 19.9 Å². The molecule has 1 aromatic rings. The summed E-state index contributed by atoms with van der Waals surface area (Å²) in [5.74, 6) is 0.486. The Hall–Kier alpha value is -0.900. The minimum absolute atomic E-state index is 0. The van der Waals surface area contributed by atoms with Crippen LogP contribution in [-0.4, -0.2) is 38.0 Å². The molecular weight excluding hydrogens is 514 g/mol. The number of halogens is 3. The summed E-state index contributed by atoms with van der Waals surface area (Å²) in [5.41, 5.74) is 0.703. The Balaban J connectivity index is 0.00000625. The fourth-order valence-electron chi connectivity index (χ4n) is 2.17. The van der Waals surface area contributed by atoms with Crippen molar-refractivity contribution in [1.29, 1.82) is 0 Å². The third kappa shape index (κ3) is 10.3. The van der Waals surface area contributed by atoms with Gasteiger partial charge in [-0.1, -0.05) is 28.9 Å². The molecule has 0 saturated carbocycles. The lowest BCUT2D eigenvalue weighted by Crippen LogP contribution is -2.40. The van der Waals surface area contributed by atoms with E-state index in [1.54, 1.807) is 13.1 Å². The van der Waals surface area contributed by atoms with Crippen molar-refractivity contribution in [3.63, 3.8) is 0 Å². The first-order valence-electron chi connectivity index (χ1n) is 8.64. The largest absolute Gasteiger partial charge is 0.356 e. The van der Waals surface area contributed by atoms with Crippen LogP contribution in [0, 0.1) is 5.82 Å². The van der Waals surface area contributed by atoms with Gasteiger partial charge in [-0.15, -0.1) is 24.0 Å². The number of carbonyl (C=O) groups is 1. The van der Waals surface area contributed by atoms with Crippen molar-refractivity contribution in [2.75, 3.05) is 20.1 Å². The molecule has 0 spiro atoms. The highest BCUT2D eigenvalue weighted by Crippen LogP contribution is 2.16. The molecule has 1 atom stereocenters. The summed E-state index contributed by atoms with van der Waals surface area (Å²) in [6, 6.07) is 5.32. The fourth-order valence-corrected chi connectivity index (χ4v) is 2.51. The van der Waals surface area contributed by atoms with Crippen molar-refractivity contribution in [3.8, 4) is 0 Å². The predicted molar refractivity (Wildman–Crippen MR) is 120 cm³/mol. The van der Waals surface area contributed by atoms with Crippen molar-refractivity contribution < 1.29 is 9.18 Å². The maximum Gasteiger partial charge on any atom is 0.221 e. The van der Waals surface area contributed by atoms with Crippen molar-refractivity contribution >= 4 is 51.8 Å². The maximum absolute atomic E-state index is 13.7. The Morgan fingerprint density at radius 3 is 2.62 bits per heavy atom. The van der Waals surface area contributed by atoms with Gasteiger partial charge in [0.2, 0.25) is 5.91 Å². The van der Waals surface area contributed by atoms with Gasteiger partial charge >= 0.3 is 0 Å². The van der Waals surface area contributed by atoms with Crippen LogP contribution in [0.4, 0.5) is 4.39 Å². The van der Waals surface area contributed by atoms with E-state index in [9.17, 15) is 9.18 Å². The zero-order valence-electron chi connectivity index (χ0n) is 15.6. The van der Waals surface area contributed by atoms with E-state index in [-0.39, 0.29) is 41.7 Å². The minimum Gasteiger partial charge on any atom is -0.356 e. The second-order valence-corrected chi connectivity index (χ2v) is 6.81. The van der Waals surface area contributed by atoms with Gasteiger partial charge in [0.15, 0.2) is 5.96 Å². The third-order valence-electron chi connectivity index (χ3n) is 3.82. The van der Waals surface area contributed by atoms with Crippen molar-refractivity contribution in [2.24, 2.45) is 4.99 Å². The van der Waals surface area contributed by atoms with Gasteiger partial charge < -0.3 is 16.0 Å². The highest BCUT2D eigenvalue weighted by Gasteiger charge is 2.06. The molecule has 0 bridgehead atoms. The average molecular weight is 543 g/mol. The molecule has 148 valence electrons. The quantitative estimate of drug-likeness (QED) is 0.193. The Kier molecular flexibility index (Phi) is 13.7. The molecule has 0 radical (unpaired) electrons. The highest BCUT2D eigenvalue weighted by molar-refractivity contribution is 14.0. The van der Waals surface area contributed by atoms with Gasteiger partial charge in [0, 0.05) is 37.1 Å². The molecule has 0 fully saturated rings. The van der Waals surface area contributed by atoms with Gasteiger partial charge in [-0.25, -0.2) is 4.39 Å². The monoisotopic (exact) mass is 542 g/mol. The number of nitrogens with one attached hydrogen (secondary N) is 3. The van der Waals surface area contributed by atoms with Gasteiger partial charge in [-0.3, -0.25) is 9.79 Å². The molecule has 0 aliphatic carbocycles. The zero-order chi connectivity index (χ0) is 18.7. The zero-order valence-corrected chi connectivity index (χ0v) is 19.5. The van der Waals surface area contributed by atoms with Crippen LogP contribution < -0.4 is 16.0 Å². The topological polar surface area (TPSA) is 65.5 Å². The molecule has 5 nitrogen and oxygen atoms in total. The molecule has 26 heavy (non-hydrogen) atoms. The van der Waals surface area contributed by atoms with Crippen LogP contribution in [0.25, 0.3) is 0 Å². The lowest BCUT2D eigenvalue weighted by Gasteiger charge is -2.14. The van der Waals surface area contributed by atoms with E-state index in [0.717, 1.165) is 17.3 Å². The lowest BCUT2D eigenvalue weighted by atomic mass is 10.1. The van der Waals surface area contributed by atoms with Crippen LogP contribution in [0.15, 0.2) is 27.7 Å². The summed E-state index contributed by atoms with van der Waals surface area (Å²) < 4.78 is 14.5. The first-order chi connectivity index (χ1) is 12.0. The number of benzene rings is 1. The van der Waals surface area contributed by atoms with Gasteiger partial charge in [0.05, 0.1) is 0 Å². The fraction of sp³-hybridized carbons (Fsp3) is 0.556. The lowest BCUT2D eigenvalue weighted by molar-refractivity contribution is -0.121. The van der Waals surface area contributed by atoms with Gasteiger partial charge in [-0.05, 0) is 43.9 Å². The number of nitrogens with zero attached hydrogens (tertiary/aromatic N) is 1. The van der Waals surface area contributed by atoms with E-state index in [1.165, 1.54) is 6.07 Å². The van der Waals surface area contributed by atoms with Crippen LogP contribution in [-0.2, 0) is 11.2 Å². The summed E-state index contributed by atoms with van der Waals surface area (Å²) in [6.07, 6.45) is 2.75. The average Bonchev–Trinajstić information content (AvgIpc) is 2.58. The first kappa shape index (κ1) is 25.1. The number of aliphatic imine (C=N–C) groups is 1. The molecule has 0 aliphatic rings. The number of hydrogen-bond donors (Lipinski definition) is 3. The number of carbonyl (C=O) groups excluding carboxylic acids is 1. The molecule has 1 aromatic carbocycles. The summed E-state index contributed by atoms with van der Waals surface area (Å²) in [7, 11) is 1.68. The molecule has 3 N–H and O–H groups in total. The first-order valence-corrected chi connectivity index (χ1v) is 9.43. The van der Waals surface area contributed by atoms with E-state index >= 15 is 0 Å². The van der Waals surface area contributed by atoms with Crippen LogP contribution in [0.5, 0.6) is 0 Å². The molecule has 1 unspecified atom stereocenters. The standard InChI is InChI=1S/C18H28BrFN4O.HI/c1-4-13(2)24-17(25)9-11-23-18(21-3)22-10-5-6-14-7-8-15(19)12-16(14)20;/h7-8,12-13H,4-6,9-11H2,1-3H3,(H,24,25)(H2,21,22,23);1H. The van der Waals surface area contributed by atoms with Crippen LogP contribution in [0.1, 0.15) is 38.7 Å². The molecule has 1 rings (SSSR count). The third-order valence-corrected chi connectivity index (χ3v) is 4.31. The Bertz CT molecular complexity index is 586. The maximum atomic E-state index is 13.7. The second kappa shape index (κ2) is 14.2. The molecule has 8 heteroatoms. The minimum atomic E-state index is -0.191. The van der Waals surface area contributed by atoms with Crippen LogP contribution >= 0.6 is 39.9 Å². The SMILES string of the molecule is CCC(C)NC(=O)CCNC(=NC)NCCCc1ccc(Br)cc1F.I. The number of amides is 1. The van der Waals surface area contributed by atoms with Crippen LogP contribution in [0.2, 0.25) is 0 Å². The van der Waals surface area contributed by atoms with Crippen molar-refractivity contribution in [3.05, 3.63) is 34.1 Å². The summed E-state index contributed by atoms with van der Waals surface area (Å²) in [4.78, 5) is 15.8. The van der Waals surface area contributed by atoms with Crippen molar-refractivity contribution in [2.45, 2.75) is 45.6 Å². The van der Waals surface area contributed by atoms with E-state index in [4.69, 9.17) is 0 Å². The highest BCUT2D eigenvalue weighted by atomic mass is 127.